The lowest BCUT2D eigenvalue weighted by Crippen LogP contribution is -2.34. The fourth-order valence-electron chi connectivity index (χ4n) is 2.22. The van der Waals surface area contributed by atoms with Gasteiger partial charge in [-0.25, -0.2) is 0 Å². The molecular weight excluding hydrogens is 162 g/mol. The maximum Gasteiger partial charge on any atom is 0.223 e. The number of hydrogen-bond acceptors (Lipinski definition) is 1. The topological polar surface area (TPSA) is 29.1 Å². The maximum atomic E-state index is 11.5. The Labute approximate surface area is 80.1 Å². The third-order valence-corrected chi connectivity index (χ3v) is 3.26. The molecule has 0 aromatic heterocycles. The molecule has 2 heteroatoms. The Morgan fingerprint density at radius 3 is 2.46 bits per heavy atom. The first-order chi connectivity index (χ1) is 6.07. The maximum absolute atomic E-state index is 11.5. The molecule has 0 saturated heterocycles. The van der Waals surface area contributed by atoms with Gasteiger partial charge in [-0.15, -0.1) is 0 Å². The summed E-state index contributed by atoms with van der Waals surface area (Å²) in [6.45, 7) is 4.58. The third kappa shape index (κ3) is 2.23. The molecule has 1 atom stereocenters. The number of amides is 1. The van der Waals surface area contributed by atoms with E-state index in [4.69, 9.17) is 0 Å². The highest BCUT2D eigenvalue weighted by atomic mass is 16.2. The number of carbonyl (C=O) groups excluding carboxylic acids is 1. The van der Waals surface area contributed by atoms with Crippen LogP contribution in [0.25, 0.3) is 0 Å². The molecule has 0 aromatic rings. The molecular formula is C11H19NO. The minimum Gasteiger partial charge on any atom is -0.353 e. The van der Waals surface area contributed by atoms with Gasteiger partial charge in [-0.2, -0.15) is 0 Å². The summed E-state index contributed by atoms with van der Waals surface area (Å²) < 4.78 is 0. The van der Waals surface area contributed by atoms with Gasteiger partial charge < -0.3 is 5.32 Å². The van der Waals surface area contributed by atoms with Crippen LogP contribution in [0.15, 0.2) is 0 Å². The Hall–Kier alpha value is -0.530. The van der Waals surface area contributed by atoms with Crippen molar-refractivity contribution < 1.29 is 4.79 Å². The molecule has 0 radical (unpaired) electrons. The summed E-state index contributed by atoms with van der Waals surface area (Å²) in [6, 6.07) is 0.461. The first-order valence-electron chi connectivity index (χ1n) is 5.37. The normalized spacial score (nSPS) is 31.7. The van der Waals surface area contributed by atoms with Crippen LogP contribution >= 0.6 is 0 Å². The Bertz CT molecular complexity index is 218. The smallest absolute Gasteiger partial charge is 0.223 e. The van der Waals surface area contributed by atoms with E-state index in [1.165, 1.54) is 12.8 Å². The van der Waals surface area contributed by atoms with Crippen molar-refractivity contribution in [2.75, 3.05) is 0 Å². The van der Waals surface area contributed by atoms with Crippen molar-refractivity contribution in [1.82, 2.24) is 5.32 Å². The number of rotatable bonds is 2. The van der Waals surface area contributed by atoms with Crippen molar-refractivity contribution in [2.45, 2.75) is 52.0 Å². The summed E-state index contributed by atoms with van der Waals surface area (Å²) in [5.41, 5.74) is 0.446. The van der Waals surface area contributed by atoms with Crippen LogP contribution in [0.5, 0.6) is 0 Å². The number of nitrogens with one attached hydrogen (secondary N) is 1. The van der Waals surface area contributed by atoms with Gasteiger partial charge in [0, 0.05) is 12.0 Å². The molecule has 2 nitrogen and oxygen atoms in total. The quantitative estimate of drug-likeness (QED) is 0.694. The Morgan fingerprint density at radius 1 is 1.31 bits per heavy atom. The molecule has 1 amide bonds. The van der Waals surface area contributed by atoms with Crippen LogP contribution in [0, 0.1) is 11.3 Å². The second-order valence-electron chi connectivity index (χ2n) is 5.39. The summed E-state index contributed by atoms with van der Waals surface area (Å²) >= 11 is 0. The molecule has 2 aliphatic carbocycles. The van der Waals surface area contributed by atoms with Crippen molar-refractivity contribution in [3.63, 3.8) is 0 Å². The molecule has 13 heavy (non-hydrogen) atoms. The van der Waals surface area contributed by atoms with Gasteiger partial charge in [-0.1, -0.05) is 13.8 Å². The van der Waals surface area contributed by atoms with Gasteiger partial charge in [-0.05, 0) is 37.5 Å². The first kappa shape index (κ1) is 9.04. The van der Waals surface area contributed by atoms with Crippen LogP contribution in [0.1, 0.15) is 46.0 Å². The van der Waals surface area contributed by atoms with Crippen molar-refractivity contribution in [1.29, 1.82) is 0 Å². The van der Waals surface area contributed by atoms with Crippen molar-refractivity contribution >= 4 is 5.91 Å². The average molecular weight is 181 g/mol. The SMILES string of the molecule is CC1(C)CCC(NC(=O)C2CC2)C1. The summed E-state index contributed by atoms with van der Waals surface area (Å²) in [5, 5.41) is 3.16. The molecule has 0 heterocycles. The standard InChI is InChI=1S/C11H19NO/c1-11(2)6-5-9(7-11)12-10(13)8-3-4-8/h8-9H,3-7H2,1-2H3,(H,12,13). The van der Waals surface area contributed by atoms with Gasteiger partial charge in [0.1, 0.15) is 0 Å². The molecule has 2 fully saturated rings. The van der Waals surface area contributed by atoms with Crippen molar-refractivity contribution in [3.05, 3.63) is 0 Å². The Balaban J connectivity index is 1.79. The van der Waals surface area contributed by atoms with Crippen LogP contribution < -0.4 is 5.32 Å². The minimum atomic E-state index is 0.308. The van der Waals surface area contributed by atoms with E-state index in [1.807, 2.05) is 0 Å². The molecule has 0 bridgehead atoms. The monoisotopic (exact) mass is 181 g/mol. The van der Waals surface area contributed by atoms with Crippen molar-refractivity contribution in [3.8, 4) is 0 Å². The zero-order chi connectivity index (χ0) is 9.47. The molecule has 0 aromatic carbocycles. The molecule has 74 valence electrons. The van der Waals surface area contributed by atoms with Crippen LogP contribution in [0.4, 0.5) is 0 Å². The van der Waals surface area contributed by atoms with E-state index in [2.05, 4.69) is 19.2 Å². The predicted molar refractivity (Wildman–Crippen MR) is 52.3 cm³/mol. The first-order valence-corrected chi connectivity index (χ1v) is 5.37. The lowest BCUT2D eigenvalue weighted by Gasteiger charge is -2.17. The molecule has 2 saturated carbocycles. The average Bonchev–Trinajstić information content (AvgIpc) is 2.78. The van der Waals surface area contributed by atoms with Crippen LogP contribution in [-0.2, 0) is 4.79 Å². The Morgan fingerprint density at radius 2 is 2.00 bits per heavy atom. The Kier molecular flexibility index (Phi) is 2.09. The van der Waals surface area contributed by atoms with E-state index in [-0.39, 0.29) is 0 Å². The van der Waals surface area contributed by atoms with E-state index in [9.17, 15) is 4.79 Å². The van der Waals surface area contributed by atoms with E-state index in [1.54, 1.807) is 0 Å². The summed E-state index contributed by atoms with van der Waals surface area (Å²) in [6.07, 6.45) is 5.81. The highest BCUT2D eigenvalue weighted by molar-refractivity contribution is 5.81. The van der Waals surface area contributed by atoms with Gasteiger partial charge in [0.25, 0.3) is 0 Å². The molecule has 1 unspecified atom stereocenters. The number of hydrogen-bond donors (Lipinski definition) is 1. The minimum absolute atomic E-state index is 0.308. The molecule has 0 aliphatic heterocycles. The van der Waals surface area contributed by atoms with Gasteiger partial charge in [0.15, 0.2) is 0 Å². The van der Waals surface area contributed by atoms with Gasteiger partial charge >= 0.3 is 0 Å². The predicted octanol–water partition coefficient (Wildman–Crippen LogP) is 2.09. The van der Waals surface area contributed by atoms with Crippen LogP contribution in [0.2, 0.25) is 0 Å². The summed E-state index contributed by atoms with van der Waals surface area (Å²) in [7, 11) is 0. The zero-order valence-corrected chi connectivity index (χ0v) is 8.60. The summed E-state index contributed by atoms with van der Waals surface area (Å²) in [5.74, 6) is 0.673. The fourth-order valence-corrected chi connectivity index (χ4v) is 2.22. The van der Waals surface area contributed by atoms with Gasteiger partial charge in [0.05, 0.1) is 0 Å². The number of carbonyl (C=O) groups is 1. The molecule has 2 rings (SSSR count). The zero-order valence-electron chi connectivity index (χ0n) is 8.60. The van der Waals surface area contributed by atoms with E-state index in [0.717, 1.165) is 19.3 Å². The lowest BCUT2D eigenvalue weighted by atomic mass is 9.92. The lowest BCUT2D eigenvalue weighted by molar-refractivity contribution is -0.123. The summed E-state index contributed by atoms with van der Waals surface area (Å²) in [4.78, 5) is 11.5. The second-order valence-corrected chi connectivity index (χ2v) is 5.39. The van der Waals surface area contributed by atoms with E-state index >= 15 is 0 Å². The second kappa shape index (κ2) is 3.00. The largest absolute Gasteiger partial charge is 0.353 e. The van der Waals surface area contributed by atoms with Gasteiger partial charge in [-0.3, -0.25) is 4.79 Å². The third-order valence-electron chi connectivity index (χ3n) is 3.26. The van der Waals surface area contributed by atoms with Crippen LogP contribution in [-0.4, -0.2) is 11.9 Å². The highest BCUT2D eigenvalue weighted by Crippen LogP contribution is 2.37. The highest BCUT2D eigenvalue weighted by Gasteiger charge is 2.35. The van der Waals surface area contributed by atoms with E-state index in [0.29, 0.717) is 23.3 Å². The fraction of sp³-hybridized carbons (Fsp3) is 0.909. The van der Waals surface area contributed by atoms with E-state index < -0.39 is 0 Å². The molecule has 2 aliphatic rings. The van der Waals surface area contributed by atoms with Crippen molar-refractivity contribution in [2.24, 2.45) is 11.3 Å². The molecule has 1 N–H and O–H groups in total. The van der Waals surface area contributed by atoms with Crippen LogP contribution in [0.3, 0.4) is 0 Å². The molecule has 0 spiro atoms. The van der Waals surface area contributed by atoms with Gasteiger partial charge in [0.2, 0.25) is 5.91 Å².